The number of carbonyl (C=O) groups is 1. The van der Waals surface area contributed by atoms with Crippen LogP contribution >= 0.6 is 0 Å². The third kappa shape index (κ3) is 16.8. The first-order chi connectivity index (χ1) is 26.6. The predicted molar refractivity (Wildman–Crippen MR) is 227 cm³/mol. The third-order valence-corrected chi connectivity index (χ3v) is 12.0. The highest BCUT2D eigenvalue weighted by atomic mass is 16.7. The van der Waals surface area contributed by atoms with Crippen molar-refractivity contribution in [3.63, 3.8) is 0 Å². The number of hydrogen-bond acceptors (Lipinski definition) is 13. The number of aliphatic hydroxyl groups excluding tert-OH is 2. The van der Waals surface area contributed by atoms with Gasteiger partial charge in [-0.15, -0.1) is 0 Å². The van der Waals surface area contributed by atoms with Crippen molar-refractivity contribution < 1.29 is 48.5 Å². The van der Waals surface area contributed by atoms with Gasteiger partial charge in [0.1, 0.15) is 17.8 Å². The topological polar surface area (TPSA) is 152 Å². The number of cyclic esters (lactones) is 1. The fourth-order valence-electron chi connectivity index (χ4n) is 8.62. The second kappa shape index (κ2) is 25.7. The fraction of sp³-hybridized carbons (Fsp3) is 0.977. The SMILES string of the molecule is CC.CCCN(CO)C[C@@](C)(C[C@@H](OC(C)C)O[C@H]1C(C)[C@@H](O[C@H]2CC(N(C)C)CC(C)O2)[C@@H](C)C[C@@H](C)CN[C@H](C)[C@@H](O)[C@](C)(O)C(CC)OC(=O)[C@@H]1C)OC. The summed E-state index contributed by atoms with van der Waals surface area (Å²) >= 11 is 0. The Balaban J connectivity index is 0.00000799. The normalized spacial score (nSPS) is 36.8. The molecule has 340 valence electrons. The number of hydrogen-bond donors (Lipinski definition) is 4. The lowest BCUT2D eigenvalue weighted by Crippen LogP contribution is -2.58. The van der Waals surface area contributed by atoms with Gasteiger partial charge in [-0.25, -0.2) is 0 Å². The zero-order valence-corrected chi connectivity index (χ0v) is 39.2. The minimum atomic E-state index is -1.72. The standard InChI is InChI=1S/C42H83N3O10.C2H6/c1-16-18-45(25-46)24-41(11,50-15)22-36(51-26(3)4)55-38-30(8)37(54-35-21-33(44(13)14)20-29(7)52-35)28(6)19-27(5)23-43-32(10)39(47)42(12,49)34(17-2)53-40(48)31(38)9;1-2/h26-39,43,46-47,49H,16-25H2,1-15H3;1-2H3/t27-,28+,29?,30?,31-,32-,33?,34?,35+,36+,37+,38+,39-,41-,42-;/m1./s1. The molecule has 0 bridgehead atoms. The molecule has 0 amide bonds. The van der Waals surface area contributed by atoms with E-state index in [0.717, 1.165) is 19.3 Å². The van der Waals surface area contributed by atoms with E-state index in [2.05, 4.69) is 58.9 Å². The molecule has 2 fully saturated rings. The molecule has 0 aromatic carbocycles. The van der Waals surface area contributed by atoms with Crippen molar-refractivity contribution in [1.29, 1.82) is 0 Å². The van der Waals surface area contributed by atoms with Gasteiger partial charge in [-0.1, -0.05) is 48.5 Å². The summed E-state index contributed by atoms with van der Waals surface area (Å²) in [5.74, 6) is -1.53. The Morgan fingerprint density at radius 3 is 2.19 bits per heavy atom. The molecule has 0 spiro atoms. The molecule has 2 heterocycles. The van der Waals surface area contributed by atoms with E-state index >= 15 is 0 Å². The van der Waals surface area contributed by atoms with E-state index < -0.39 is 60.0 Å². The molecule has 15 atom stereocenters. The Morgan fingerprint density at radius 2 is 1.67 bits per heavy atom. The van der Waals surface area contributed by atoms with Crippen molar-refractivity contribution in [3.8, 4) is 0 Å². The van der Waals surface area contributed by atoms with Gasteiger partial charge in [-0.2, -0.15) is 0 Å². The van der Waals surface area contributed by atoms with Gasteiger partial charge >= 0.3 is 5.97 Å². The second-order valence-corrected chi connectivity index (χ2v) is 18.0. The van der Waals surface area contributed by atoms with Crippen LogP contribution in [-0.2, 0) is 33.2 Å². The highest BCUT2D eigenvalue weighted by Gasteiger charge is 2.47. The van der Waals surface area contributed by atoms with E-state index in [4.69, 9.17) is 28.4 Å². The van der Waals surface area contributed by atoms with E-state index in [0.29, 0.717) is 44.9 Å². The van der Waals surface area contributed by atoms with Crippen molar-refractivity contribution >= 4 is 5.97 Å². The zero-order chi connectivity index (χ0) is 43.8. The Labute approximate surface area is 348 Å². The number of carbonyl (C=O) groups excluding carboxylic acids is 1. The van der Waals surface area contributed by atoms with Crippen LogP contribution in [0.4, 0.5) is 0 Å². The molecule has 4 unspecified atom stereocenters. The minimum absolute atomic E-state index is 0.0107. The maximum Gasteiger partial charge on any atom is 0.311 e. The highest BCUT2D eigenvalue weighted by molar-refractivity contribution is 5.73. The average Bonchev–Trinajstić information content (AvgIpc) is 3.15. The summed E-state index contributed by atoms with van der Waals surface area (Å²) in [4.78, 5) is 18.5. The Bertz CT molecular complexity index is 1100. The van der Waals surface area contributed by atoms with Crippen LogP contribution in [0.2, 0.25) is 0 Å². The summed E-state index contributed by atoms with van der Waals surface area (Å²) in [7, 11) is 5.83. The summed E-state index contributed by atoms with van der Waals surface area (Å²) < 4.78 is 39.3. The van der Waals surface area contributed by atoms with Gasteiger partial charge in [0, 0.05) is 51.0 Å². The van der Waals surface area contributed by atoms with Crippen LogP contribution in [0.3, 0.4) is 0 Å². The Morgan fingerprint density at radius 1 is 1.04 bits per heavy atom. The summed E-state index contributed by atoms with van der Waals surface area (Å²) in [5, 5.41) is 36.7. The number of nitrogens with one attached hydrogen (secondary N) is 1. The molecule has 2 aliphatic heterocycles. The molecule has 2 rings (SSSR count). The largest absolute Gasteiger partial charge is 0.459 e. The minimum Gasteiger partial charge on any atom is -0.459 e. The van der Waals surface area contributed by atoms with Crippen molar-refractivity contribution in [2.75, 3.05) is 47.6 Å². The quantitative estimate of drug-likeness (QED) is 0.110. The van der Waals surface area contributed by atoms with Crippen molar-refractivity contribution in [2.24, 2.45) is 23.7 Å². The molecule has 0 aromatic rings. The molecule has 13 nitrogen and oxygen atoms in total. The number of rotatable bonds is 16. The molecule has 2 saturated heterocycles. The average molecular weight is 820 g/mol. The predicted octanol–water partition coefficient (Wildman–Crippen LogP) is 5.81. The van der Waals surface area contributed by atoms with Gasteiger partial charge < -0.3 is 54.0 Å². The lowest BCUT2D eigenvalue weighted by molar-refractivity contribution is -0.265. The molecule has 0 radical (unpaired) electrons. The summed E-state index contributed by atoms with van der Waals surface area (Å²) in [6.07, 6.45) is -0.891. The number of methoxy groups -OCH3 is 1. The van der Waals surface area contributed by atoms with E-state index in [9.17, 15) is 20.1 Å². The van der Waals surface area contributed by atoms with Gasteiger partial charge in [0.2, 0.25) is 0 Å². The molecule has 2 aliphatic rings. The molecule has 13 heteroatoms. The van der Waals surface area contributed by atoms with Gasteiger partial charge in [0.15, 0.2) is 12.6 Å². The van der Waals surface area contributed by atoms with Crippen molar-refractivity contribution in [3.05, 3.63) is 0 Å². The third-order valence-electron chi connectivity index (χ3n) is 12.0. The number of aliphatic hydroxyl groups is 3. The van der Waals surface area contributed by atoms with Gasteiger partial charge in [-0.05, 0) is 107 Å². The Hall–Kier alpha value is -0.970. The van der Waals surface area contributed by atoms with E-state index in [1.165, 1.54) is 6.92 Å². The first-order valence-corrected chi connectivity index (χ1v) is 22.1. The van der Waals surface area contributed by atoms with Crippen molar-refractivity contribution in [1.82, 2.24) is 15.1 Å². The molecule has 0 aliphatic carbocycles. The molecule has 57 heavy (non-hydrogen) atoms. The highest BCUT2D eigenvalue weighted by Crippen LogP contribution is 2.36. The zero-order valence-electron chi connectivity index (χ0n) is 39.2. The first-order valence-electron chi connectivity index (χ1n) is 22.1. The smallest absolute Gasteiger partial charge is 0.311 e. The maximum atomic E-state index is 14.4. The van der Waals surface area contributed by atoms with E-state index in [-0.39, 0.29) is 42.8 Å². The molecule has 0 aromatic heterocycles. The lowest BCUT2D eigenvalue weighted by atomic mass is 9.80. The molecular weight excluding hydrogens is 730 g/mol. The van der Waals surface area contributed by atoms with Crippen LogP contribution in [0.15, 0.2) is 0 Å². The van der Waals surface area contributed by atoms with Crippen LogP contribution in [-0.4, -0.2) is 151 Å². The van der Waals surface area contributed by atoms with Crippen LogP contribution in [0, 0.1) is 23.7 Å². The molecular formula is C44H89N3O10. The van der Waals surface area contributed by atoms with Crippen LogP contribution in [0.25, 0.3) is 0 Å². The molecule has 4 N–H and O–H groups in total. The van der Waals surface area contributed by atoms with Crippen molar-refractivity contribution in [2.45, 2.75) is 208 Å². The summed E-state index contributed by atoms with van der Waals surface area (Å²) in [6.45, 7) is 29.1. The fourth-order valence-corrected chi connectivity index (χ4v) is 8.62. The van der Waals surface area contributed by atoms with Crippen LogP contribution in [0.5, 0.6) is 0 Å². The van der Waals surface area contributed by atoms with E-state index in [1.807, 2.05) is 53.4 Å². The lowest BCUT2D eigenvalue weighted by Gasteiger charge is -2.44. The Kier molecular flexibility index (Phi) is 24.4. The van der Waals surface area contributed by atoms with Gasteiger partial charge in [0.05, 0.1) is 42.7 Å². The first kappa shape index (κ1) is 54.0. The second-order valence-electron chi connectivity index (χ2n) is 18.0. The number of nitrogens with zero attached hydrogens (tertiary/aromatic N) is 2. The number of esters is 1. The monoisotopic (exact) mass is 820 g/mol. The summed E-state index contributed by atoms with van der Waals surface area (Å²) in [6, 6.07) is -0.174. The van der Waals surface area contributed by atoms with Crippen LogP contribution in [0.1, 0.15) is 135 Å². The van der Waals surface area contributed by atoms with E-state index in [1.54, 1.807) is 14.0 Å². The number of ether oxygens (including phenoxy) is 6. The summed E-state index contributed by atoms with van der Waals surface area (Å²) in [5.41, 5.74) is -2.48. The van der Waals surface area contributed by atoms with Gasteiger partial charge in [-0.3, -0.25) is 9.69 Å². The maximum absolute atomic E-state index is 14.4. The van der Waals surface area contributed by atoms with Crippen LogP contribution < -0.4 is 5.32 Å². The molecule has 0 saturated carbocycles. The van der Waals surface area contributed by atoms with Gasteiger partial charge in [0.25, 0.3) is 0 Å².